The van der Waals surface area contributed by atoms with Gasteiger partial charge in [0.15, 0.2) is 0 Å². The number of carboxylic acid groups (broad SMARTS) is 1. The highest BCUT2D eigenvalue weighted by molar-refractivity contribution is 5.79. The van der Waals surface area contributed by atoms with Crippen LogP contribution in [-0.4, -0.2) is 32.9 Å². The molecular weight excluding hydrogens is 206 g/mol. The molecule has 0 amide bonds. The summed E-state index contributed by atoms with van der Waals surface area (Å²) in [5.41, 5.74) is 1.10. The standard InChI is InChI=1S/C11H17N3O2/c1-8-6-9(14(2)13-8)7-11(10(15)16)4-3-5-12-11/h6,12H,3-5,7H2,1-2H3,(H,15,16). The Kier molecular flexibility index (Phi) is 2.71. The van der Waals surface area contributed by atoms with Crippen LogP contribution in [0.15, 0.2) is 6.07 Å². The second-order valence-electron chi connectivity index (χ2n) is 4.50. The highest BCUT2D eigenvalue weighted by Crippen LogP contribution is 2.24. The van der Waals surface area contributed by atoms with Gasteiger partial charge in [-0.05, 0) is 32.4 Å². The summed E-state index contributed by atoms with van der Waals surface area (Å²) in [6.07, 6.45) is 2.11. The number of rotatable bonds is 3. The molecule has 1 aliphatic rings. The van der Waals surface area contributed by atoms with Crippen molar-refractivity contribution in [1.29, 1.82) is 0 Å². The molecule has 1 aromatic rings. The van der Waals surface area contributed by atoms with Crippen molar-refractivity contribution >= 4 is 5.97 Å². The molecule has 1 aliphatic heterocycles. The summed E-state index contributed by atoms with van der Waals surface area (Å²) >= 11 is 0. The van der Waals surface area contributed by atoms with Crippen molar-refractivity contribution in [2.45, 2.75) is 31.7 Å². The first kappa shape index (κ1) is 11.1. The van der Waals surface area contributed by atoms with Gasteiger partial charge in [0, 0.05) is 19.2 Å². The number of carbonyl (C=O) groups is 1. The predicted molar refractivity (Wildman–Crippen MR) is 59.3 cm³/mol. The molecule has 0 bridgehead atoms. The Labute approximate surface area is 94.5 Å². The maximum absolute atomic E-state index is 11.4. The minimum Gasteiger partial charge on any atom is -0.480 e. The van der Waals surface area contributed by atoms with E-state index in [1.807, 2.05) is 20.0 Å². The van der Waals surface area contributed by atoms with Crippen LogP contribution >= 0.6 is 0 Å². The fourth-order valence-corrected chi connectivity index (χ4v) is 2.35. The van der Waals surface area contributed by atoms with Crippen molar-refractivity contribution in [3.05, 3.63) is 17.5 Å². The van der Waals surface area contributed by atoms with E-state index < -0.39 is 11.5 Å². The van der Waals surface area contributed by atoms with Crippen LogP contribution in [-0.2, 0) is 18.3 Å². The topological polar surface area (TPSA) is 67.2 Å². The van der Waals surface area contributed by atoms with Gasteiger partial charge >= 0.3 is 5.97 Å². The Morgan fingerprint density at radius 1 is 1.75 bits per heavy atom. The van der Waals surface area contributed by atoms with Gasteiger partial charge in [-0.1, -0.05) is 0 Å². The third kappa shape index (κ3) is 1.82. The number of aliphatic carboxylic acids is 1. The summed E-state index contributed by atoms with van der Waals surface area (Å²) < 4.78 is 1.76. The fourth-order valence-electron chi connectivity index (χ4n) is 2.35. The molecule has 1 atom stereocenters. The summed E-state index contributed by atoms with van der Waals surface area (Å²) in [6.45, 7) is 2.70. The van der Waals surface area contributed by atoms with E-state index in [9.17, 15) is 9.90 Å². The van der Waals surface area contributed by atoms with Crippen LogP contribution in [0.3, 0.4) is 0 Å². The average Bonchev–Trinajstić information content (AvgIpc) is 2.76. The van der Waals surface area contributed by atoms with Crippen molar-refractivity contribution in [2.24, 2.45) is 7.05 Å². The molecule has 5 nitrogen and oxygen atoms in total. The Morgan fingerprint density at radius 3 is 2.94 bits per heavy atom. The van der Waals surface area contributed by atoms with Gasteiger partial charge in [0.2, 0.25) is 0 Å². The van der Waals surface area contributed by atoms with Crippen molar-refractivity contribution in [2.75, 3.05) is 6.54 Å². The van der Waals surface area contributed by atoms with E-state index in [4.69, 9.17) is 0 Å². The highest BCUT2D eigenvalue weighted by atomic mass is 16.4. The van der Waals surface area contributed by atoms with Gasteiger partial charge in [0.05, 0.1) is 5.69 Å². The molecular formula is C11H17N3O2. The van der Waals surface area contributed by atoms with Crippen molar-refractivity contribution in [3.63, 3.8) is 0 Å². The molecule has 2 N–H and O–H groups in total. The monoisotopic (exact) mass is 223 g/mol. The van der Waals surface area contributed by atoms with Crippen LogP contribution in [0.1, 0.15) is 24.2 Å². The number of hydrogen-bond acceptors (Lipinski definition) is 3. The van der Waals surface area contributed by atoms with E-state index in [1.54, 1.807) is 4.68 Å². The van der Waals surface area contributed by atoms with Crippen molar-refractivity contribution < 1.29 is 9.90 Å². The van der Waals surface area contributed by atoms with E-state index in [-0.39, 0.29) is 0 Å². The first-order valence-electron chi connectivity index (χ1n) is 5.51. The number of nitrogens with zero attached hydrogens (tertiary/aromatic N) is 2. The number of aryl methyl sites for hydroxylation is 2. The Balaban J connectivity index is 2.24. The zero-order valence-electron chi connectivity index (χ0n) is 9.66. The number of carboxylic acids is 1. The maximum Gasteiger partial charge on any atom is 0.324 e. The molecule has 0 aromatic carbocycles. The SMILES string of the molecule is Cc1cc(CC2(C(=O)O)CCCN2)n(C)n1. The Hall–Kier alpha value is -1.36. The summed E-state index contributed by atoms with van der Waals surface area (Å²) in [6, 6.07) is 1.95. The van der Waals surface area contributed by atoms with Crippen LogP contribution in [0.25, 0.3) is 0 Å². The smallest absolute Gasteiger partial charge is 0.324 e. The van der Waals surface area contributed by atoms with Gasteiger partial charge in [-0.3, -0.25) is 9.48 Å². The van der Waals surface area contributed by atoms with Crippen LogP contribution in [0.4, 0.5) is 0 Å². The lowest BCUT2D eigenvalue weighted by Gasteiger charge is -2.24. The van der Waals surface area contributed by atoms with Gasteiger partial charge in [-0.2, -0.15) is 5.10 Å². The minimum absolute atomic E-state index is 0.500. The Bertz CT molecular complexity index is 405. The number of hydrogen-bond donors (Lipinski definition) is 2. The second kappa shape index (κ2) is 3.90. The molecule has 88 valence electrons. The largest absolute Gasteiger partial charge is 0.480 e. The van der Waals surface area contributed by atoms with Crippen LogP contribution in [0, 0.1) is 6.92 Å². The van der Waals surface area contributed by atoms with Gasteiger partial charge in [-0.25, -0.2) is 0 Å². The predicted octanol–water partition coefficient (Wildman–Crippen LogP) is 0.478. The molecule has 0 aliphatic carbocycles. The zero-order chi connectivity index (χ0) is 11.8. The fraction of sp³-hybridized carbons (Fsp3) is 0.636. The van der Waals surface area contributed by atoms with E-state index >= 15 is 0 Å². The summed E-state index contributed by atoms with van der Waals surface area (Å²) in [5, 5.41) is 16.7. The first-order chi connectivity index (χ1) is 7.53. The molecule has 1 aromatic heterocycles. The van der Waals surface area contributed by atoms with Gasteiger partial charge in [-0.15, -0.1) is 0 Å². The van der Waals surface area contributed by atoms with E-state index in [0.717, 1.165) is 24.4 Å². The summed E-state index contributed by atoms with van der Waals surface area (Å²) in [7, 11) is 1.85. The molecule has 1 fully saturated rings. The van der Waals surface area contributed by atoms with E-state index in [1.165, 1.54) is 0 Å². The number of nitrogens with one attached hydrogen (secondary N) is 1. The van der Waals surface area contributed by atoms with Crippen LogP contribution in [0.2, 0.25) is 0 Å². The summed E-state index contributed by atoms with van der Waals surface area (Å²) in [5.74, 6) is -0.760. The second-order valence-corrected chi connectivity index (χ2v) is 4.50. The van der Waals surface area contributed by atoms with Crippen molar-refractivity contribution in [3.8, 4) is 0 Å². The van der Waals surface area contributed by atoms with Gasteiger partial charge in [0.25, 0.3) is 0 Å². The first-order valence-corrected chi connectivity index (χ1v) is 5.51. The van der Waals surface area contributed by atoms with E-state index in [0.29, 0.717) is 12.8 Å². The number of aromatic nitrogens is 2. The normalized spacial score (nSPS) is 24.9. The highest BCUT2D eigenvalue weighted by Gasteiger charge is 2.41. The quantitative estimate of drug-likeness (QED) is 0.782. The molecule has 1 saturated heterocycles. The third-order valence-electron chi connectivity index (χ3n) is 3.23. The third-order valence-corrected chi connectivity index (χ3v) is 3.23. The van der Waals surface area contributed by atoms with E-state index in [2.05, 4.69) is 10.4 Å². The molecule has 2 heterocycles. The van der Waals surface area contributed by atoms with Gasteiger partial charge < -0.3 is 10.4 Å². The molecule has 1 unspecified atom stereocenters. The summed E-state index contributed by atoms with van der Waals surface area (Å²) in [4.78, 5) is 11.4. The Morgan fingerprint density at radius 2 is 2.50 bits per heavy atom. The molecule has 16 heavy (non-hydrogen) atoms. The zero-order valence-corrected chi connectivity index (χ0v) is 9.66. The molecule has 5 heteroatoms. The average molecular weight is 223 g/mol. The molecule has 2 rings (SSSR count). The lowest BCUT2D eigenvalue weighted by Crippen LogP contribution is -2.49. The van der Waals surface area contributed by atoms with Crippen molar-refractivity contribution in [1.82, 2.24) is 15.1 Å². The van der Waals surface area contributed by atoms with Crippen LogP contribution in [0.5, 0.6) is 0 Å². The molecule has 0 saturated carbocycles. The minimum atomic E-state index is -0.791. The lowest BCUT2D eigenvalue weighted by molar-refractivity contribution is -0.144. The lowest BCUT2D eigenvalue weighted by atomic mass is 9.91. The molecule has 0 radical (unpaired) electrons. The van der Waals surface area contributed by atoms with Gasteiger partial charge in [0.1, 0.15) is 5.54 Å². The maximum atomic E-state index is 11.4. The molecule has 0 spiro atoms. The van der Waals surface area contributed by atoms with Crippen LogP contribution < -0.4 is 5.32 Å².